The van der Waals surface area contributed by atoms with Crippen LogP contribution < -0.4 is 4.74 Å². The number of carbonyl (C=O) groups is 2. The summed E-state index contributed by atoms with van der Waals surface area (Å²) in [4.78, 5) is 37.3. The van der Waals surface area contributed by atoms with Crippen molar-refractivity contribution in [3.05, 3.63) is 53.2 Å². The van der Waals surface area contributed by atoms with E-state index in [-0.39, 0.29) is 43.1 Å². The summed E-state index contributed by atoms with van der Waals surface area (Å²) in [5, 5.41) is 0. The molecule has 3 fully saturated rings. The molecule has 1 aromatic heterocycles. The highest BCUT2D eigenvalue weighted by Gasteiger charge is 2.41. The van der Waals surface area contributed by atoms with Crippen molar-refractivity contribution in [1.82, 2.24) is 19.8 Å². The molecule has 34 heavy (non-hydrogen) atoms. The highest BCUT2D eigenvalue weighted by atomic mass is 19.4. The monoisotopic (exact) mass is 478 g/mol. The van der Waals surface area contributed by atoms with Crippen molar-refractivity contribution >= 4 is 11.8 Å². The summed E-state index contributed by atoms with van der Waals surface area (Å²) in [6.45, 7) is 0.624. The molecule has 1 saturated carbocycles. The van der Waals surface area contributed by atoms with Crippen LogP contribution in [0.15, 0.2) is 30.6 Å². The van der Waals surface area contributed by atoms with Crippen molar-refractivity contribution in [2.24, 2.45) is 0 Å². The van der Waals surface area contributed by atoms with E-state index in [1.54, 1.807) is 17.3 Å². The smallest absolute Gasteiger partial charge is 0.419 e. The summed E-state index contributed by atoms with van der Waals surface area (Å²) < 4.78 is 58.4. The zero-order valence-corrected chi connectivity index (χ0v) is 18.1. The summed E-state index contributed by atoms with van der Waals surface area (Å²) in [6.07, 6.45) is 0.867. The molecule has 0 N–H and O–H groups in total. The number of amides is 2. The van der Waals surface area contributed by atoms with Crippen LogP contribution in [0, 0.1) is 5.82 Å². The largest absolute Gasteiger partial charge is 0.471 e. The molecule has 1 aliphatic carbocycles. The van der Waals surface area contributed by atoms with Crippen LogP contribution >= 0.6 is 0 Å². The van der Waals surface area contributed by atoms with E-state index in [1.807, 2.05) is 0 Å². The van der Waals surface area contributed by atoms with Gasteiger partial charge >= 0.3 is 6.18 Å². The second-order valence-electron chi connectivity index (χ2n) is 8.92. The van der Waals surface area contributed by atoms with Crippen LogP contribution in [0.3, 0.4) is 0 Å². The van der Waals surface area contributed by atoms with E-state index < -0.39 is 23.5 Å². The molecule has 0 unspecified atom stereocenters. The van der Waals surface area contributed by atoms with E-state index in [2.05, 4.69) is 9.97 Å². The van der Waals surface area contributed by atoms with E-state index in [4.69, 9.17) is 4.74 Å². The van der Waals surface area contributed by atoms with Gasteiger partial charge in [0.15, 0.2) is 0 Å². The van der Waals surface area contributed by atoms with Gasteiger partial charge in [0, 0.05) is 37.4 Å². The van der Waals surface area contributed by atoms with Crippen LogP contribution in [0.5, 0.6) is 5.88 Å². The van der Waals surface area contributed by atoms with Crippen LogP contribution in [0.25, 0.3) is 0 Å². The number of rotatable bonds is 4. The molecule has 2 amide bonds. The zero-order valence-electron chi connectivity index (χ0n) is 18.1. The maximum absolute atomic E-state index is 14.0. The summed E-state index contributed by atoms with van der Waals surface area (Å²) >= 11 is 0. The third kappa shape index (κ3) is 4.55. The first-order valence-electron chi connectivity index (χ1n) is 11.1. The number of nitrogens with zero attached hydrogens (tertiary/aromatic N) is 4. The molecule has 0 bridgehead atoms. The van der Waals surface area contributed by atoms with Crippen LogP contribution in [0.1, 0.15) is 53.2 Å². The third-order valence-corrected chi connectivity index (χ3v) is 6.46. The van der Waals surface area contributed by atoms with Gasteiger partial charge in [0.25, 0.3) is 5.91 Å². The molecule has 1 aromatic carbocycles. The minimum absolute atomic E-state index is 0.0635. The Morgan fingerprint density at radius 3 is 2.56 bits per heavy atom. The molecule has 5 rings (SSSR count). The van der Waals surface area contributed by atoms with Crippen LogP contribution in [-0.2, 0) is 11.0 Å². The number of ether oxygens (including phenoxy) is 1. The minimum Gasteiger partial charge on any atom is -0.471 e. The predicted octanol–water partition coefficient (Wildman–Crippen LogP) is 3.41. The number of halogens is 4. The Morgan fingerprint density at radius 1 is 1.12 bits per heavy atom. The van der Waals surface area contributed by atoms with E-state index in [1.165, 1.54) is 4.90 Å². The molecule has 3 aliphatic rings. The van der Waals surface area contributed by atoms with Crippen molar-refractivity contribution < 1.29 is 31.9 Å². The molecule has 3 heterocycles. The fraction of sp³-hybridized carbons (Fsp3) is 0.478. The molecule has 11 heteroatoms. The van der Waals surface area contributed by atoms with Crippen molar-refractivity contribution in [2.45, 2.75) is 49.9 Å². The number of alkyl halides is 3. The highest BCUT2D eigenvalue weighted by Crippen LogP contribution is 2.38. The van der Waals surface area contributed by atoms with Gasteiger partial charge in [-0.2, -0.15) is 13.2 Å². The number of aromatic nitrogens is 2. The van der Waals surface area contributed by atoms with Crippen molar-refractivity contribution in [3.8, 4) is 5.88 Å². The number of hydrogen-bond donors (Lipinski definition) is 0. The van der Waals surface area contributed by atoms with Crippen LogP contribution in [0.2, 0.25) is 0 Å². The lowest BCUT2D eigenvalue weighted by atomic mass is 10.1. The van der Waals surface area contributed by atoms with Gasteiger partial charge in [-0.3, -0.25) is 14.6 Å². The Bertz CT molecular complexity index is 1100. The molecule has 0 spiro atoms. The van der Waals surface area contributed by atoms with E-state index in [9.17, 15) is 27.2 Å². The molecule has 2 aliphatic heterocycles. The molecule has 2 saturated heterocycles. The van der Waals surface area contributed by atoms with E-state index in [0.717, 1.165) is 24.6 Å². The fourth-order valence-electron chi connectivity index (χ4n) is 4.55. The number of benzene rings is 1. The fourth-order valence-corrected chi connectivity index (χ4v) is 4.55. The molecule has 0 radical (unpaired) electrons. The number of carbonyl (C=O) groups excluding carboxylic acids is 2. The average molecular weight is 478 g/mol. The normalized spacial score (nSPS) is 23.0. The van der Waals surface area contributed by atoms with E-state index in [0.29, 0.717) is 36.9 Å². The molecule has 2 atom stereocenters. The Balaban J connectivity index is 1.26. The van der Waals surface area contributed by atoms with Gasteiger partial charge in [0.2, 0.25) is 11.8 Å². The van der Waals surface area contributed by atoms with Gasteiger partial charge in [-0.1, -0.05) is 0 Å². The average Bonchev–Trinajstić information content (AvgIpc) is 3.58. The number of hydrogen-bond acceptors (Lipinski definition) is 5. The topological polar surface area (TPSA) is 75.6 Å². The highest BCUT2D eigenvalue weighted by molar-refractivity contribution is 5.95. The SMILES string of the molecule is O=C(c1ccc(C(F)(F)F)c(F)c1)N1CCC(=O)N2C[C@@H](Oc3cnc(C4CC4)cn3)C[C@H]2C1. The van der Waals surface area contributed by atoms with Gasteiger partial charge in [-0.25, -0.2) is 9.37 Å². The van der Waals surface area contributed by atoms with Gasteiger partial charge in [-0.05, 0) is 31.0 Å². The predicted molar refractivity (Wildman–Crippen MR) is 110 cm³/mol. The second-order valence-corrected chi connectivity index (χ2v) is 8.92. The van der Waals surface area contributed by atoms with E-state index >= 15 is 0 Å². The Kier molecular flexibility index (Phi) is 5.65. The maximum Gasteiger partial charge on any atom is 0.419 e. The summed E-state index contributed by atoms with van der Waals surface area (Å²) in [5.74, 6) is -1.42. The number of fused-ring (bicyclic) bond motifs is 1. The van der Waals surface area contributed by atoms with Gasteiger partial charge < -0.3 is 14.5 Å². The molecule has 180 valence electrons. The Morgan fingerprint density at radius 2 is 1.91 bits per heavy atom. The first kappa shape index (κ1) is 22.5. The first-order valence-corrected chi connectivity index (χ1v) is 11.1. The van der Waals surface area contributed by atoms with Crippen molar-refractivity contribution in [2.75, 3.05) is 19.6 Å². The second kappa shape index (κ2) is 8.52. The van der Waals surface area contributed by atoms with Gasteiger partial charge in [-0.15, -0.1) is 0 Å². The maximum atomic E-state index is 14.0. The van der Waals surface area contributed by atoms with Crippen LogP contribution in [0.4, 0.5) is 17.6 Å². The van der Waals surface area contributed by atoms with Gasteiger partial charge in [0.1, 0.15) is 11.9 Å². The molecular weight excluding hydrogens is 456 g/mol. The van der Waals surface area contributed by atoms with Crippen molar-refractivity contribution in [3.63, 3.8) is 0 Å². The lowest BCUT2D eigenvalue weighted by Crippen LogP contribution is -2.40. The third-order valence-electron chi connectivity index (χ3n) is 6.46. The summed E-state index contributed by atoms with van der Waals surface area (Å²) in [5.41, 5.74) is -0.676. The van der Waals surface area contributed by atoms with Crippen LogP contribution in [-0.4, -0.2) is 63.4 Å². The molecule has 7 nitrogen and oxygen atoms in total. The molecular formula is C23H22F4N4O3. The summed E-state index contributed by atoms with van der Waals surface area (Å²) in [7, 11) is 0. The summed E-state index contributed by atoms with van der Waals surface area (Å²) in [6, 6.07) is 1.80. The lowest BCUT2D eigenvalue weighted by molar-refractivity contribution is -0.140. The lowest BCUT2D eigenvalue weighted by Gasteiger charge is -2.25. The first-order chi connectivity index (χ1) is 16.2. The zero-order chi connectivity index (χ0) is 24.0. The Hall–Kier alpha value is -3.24. The quantitative estimate of drug-likeness (QED) is 0.630. The van der Waals surface area contributed by atoms with Crippen molar-refractivity contribution in [1.29, 1.82) is 0 Å². The van der Waals surface area contributed by atoms with Gasteiger partial charge in [0.05, 0.1) is 36.2 Å². The Labute approximate surface area is 192 Å². The molecule has 2 aromatic rings. The minimum atomic E-state index is -4.84. The standard InChI is InChI=1S/C23H22F4N4O3/c24-18-7-14(3-4-17(18)23(25,26)27)22(33)30-6-5-21(32)31-12-16(8-15(31)11-30)34-20-10-28-19(9-29-20)13-1-2-13/h3-4,7,9-10,13,15-16H,1-2,5-6,8,11-12H2/t15-,16-/m0/s1.